The third-order valence-electron chi connectivity index (χ3n) is 1.72. The Morgan fingerprint density at radius 1 is 0.833 bits per heavy atom. The van der Waals surface area contributed by atoms with E-state index in [-0.39, 0.29) is 0 Å². The van der Waals surface area contributed by atoms with E-state index in [2.05, 4.69) is 4.65 Å². The lowest BCUT2D eigenvalue weighted by molar-refractivity contribution is -0.372. The second-order valence-electron chi connectivity index (χ2n) is 2.86. The number of benzene rings is 1. The van der Waals surface area contributed by atoms with Gasteiger partial charge in [0.1, 0.15) is 12.9 Å². The van der Waals surface area contributed by atoms with Gasteiger partial charge in [-0.15, -0.1) is 0 Å². The second-order valence-corrected chi connectivity index (χ2v) is 2.86. The SMILES string of the molecule is [O-]B([O-])Oc1c(F)c(F)c(C(F)(F)F)c(F)c1F. The molecule has 0 bridgehead atoms. The van der Waals surface area contributed by atoms with Gasteiger partial charge in [-0.05, 0) is 0 Å². The fraction of sp³-hybridized carbons (Fsp3) is 0.143. The lowest BCUT2D eigenvalue weighted by Crippen LogP contribution is -2.51. The average molecular weight is 276 g/mol. The van der Waals surface area contributed by atoms with Crippen LogP contribution >= 0.6 is 0 Å². The van der Waals surface area contributed by atoms with Crippen molar-refractivity contribution in [2.24, 2.45) is 0 Å². The molecule has 18 heavy (non-hydrogen) atoms. The molecular formula is C7BF7O3-2. The quantitative estimate of drug-likeness (QED) is 0.445. The molecule has 1 aromatic carbocycles. The third kappa shape index (κ3) is 2.51. The highest BCUT2D eigenvalue weighted by molar-refractivity contribution is 6.29. The summed E-state index contributed by atoms with van der Waals surface area (Å²) in [7, 11) is -3.37. The molecule has 0 fully saturated rings. The first-order valence-electron chi connectivity index (χ1n) is 3.98. The van der Waals surface area contributed by atoms with Gasteiger partial charge in [-0.2, -0.15) is 22.0 Å². The van der Waals surface area contributed by atoms with Gasteiger partial charge in [0.25, 0.3) is 0 Å². The van der Waals surface area contributed by atoms with E-state index < -0.39 is 48.1 Å². The van der Waals surface area contributed by atoms with Crippen LogP contribution < -0.4 is 14.7 Å². The molecule has 0 N–H and O–H groups in total. The van der Waals surface area contributed by atoms with Crippen LogP contribution in [0.5, 0.6) is 5.75 Å². The monoisotopic (exact) mass is 276 g/mol. The molecule has 1 rings (SSSR count). The molecule has 0 amide bonds. The summed E-state index contributed by atoms with van der Waals surface area (Å²) in [6.45, 7) is 0. The zero-order valence-corrected chi connectivity index (χ0v) is 7.95. The van der Waals surface area contributed by atoms with Gasteiger partial charge in [0.2, 0.25) is 11.6 Å². The Balaban J connectivity index is 3.56. The van der Waals surface area contributed by atoms with Gasteiger partial charge < -0.3 is 14.7 Å². The summed E-state index contributed by atoms with van der Waals surface area (Å²) in [4.78, 5) is 0. The first-order chi connectivity index (χ1) is 8.07. The summed E-state index contributed by atoms with van der Waals surface area (Å²) < 4.78 is 91.1. The fourth-order valence-corrected chi connectivity index (χ4v) is 1.06. The van der Waals surface area contributed by atoms with Crippen molar-refractivity contribution >= 4 is 7.32 Å². The molecule has 0 saturated heterocycles. The van der Waals surface area contributed by atoms with Crippen molar-refractivity contribution in [2.45, 2.75) is 6.18 Å². The Kier molecular flexibility index (Phi) is 3.76. The van der Waals surface area contributed by atoms with Crippen molar-refractivity contribution in [2.75, 3.05) is 0 Å². The van der Waals surface area contributed by atoms with Crippen LogP contribution in [0.2, 0.25) is 0 Å². The van der Waals surface area contributed by atoms with Crippen LogP contribution in [0.4, 0.5) is 30.7 Å². The fourth-order valence-electron chi connectivity index (χ4n) is 1.06. The van der Waals surface area contributed by atoms with Crippen LogP contribution in [0.15, 0.2) is 0 Å². The maximum absolute atomic E-state index is 12.9. The van der Waals surface area contributed by atoms with Crippen molar-refractivity contribution in [1.29, 1.82) is 0 Å². The average Bonchev–Trinajstić information content (AvgIpc) is 2.19. The van der Waals surface area contributed by atoms with Gasteiger partial charge in [0.15, 0.2) is 17.4 Å². The molecule has 100 valence electrons. The zero-order valence-electron chi connectivity index (χ0n) is 7.95. The second kappa shape index (κ2) is 4.65. The van der Waals surface area contributed by atoms with E-state index in [9.17, 15) is 40.8 Å². The normalized spacial score (nSPS) is 11.6. The molecule has 1 aromatic rings. The van der Waals surface area contributed by atoms with Crippen LogP contribution in [-0.2, 0) is 6.18 Å². The van der Waals surface area contributed by atoms with Crippen LogP contribution in [0.25, 0.3) is 0 Å². The number of alkyl halides is 3. The molecule has 0 unspecified atom stereocenters. The Morgan fingerprint density at radius 3 is 1.50 bits per heavy atom. The molecular weight excluding hydrogens is 276 g/mol. The predicted octanol–water partition coefficient (Wildman–Crippen LogP) is 0.346. The summed E-state index contributed by atoms with van der Waals surface area (Å²) in [5.41, 5.74) is -2.82. The number of hydrogen-bond acceptors (Lipinski definition) is 3. The molecule has 11 heteroatoms. The zero-order chi connectivity index (χ0) is 14.2. The van der Waals surface area contributed by atoms with Crippen LogP contribution in [-0.4, -0.2) is 7.32 Å². The summed E-state index contributed by atoms with van der Waals surface area (Å²) in [6, 6.07) is 0. The maximum atomic E-state index is 12.9. The van der Waals surface area contributed by atoms with E-state index in [0.717, 1.165) is 0 Å². The molecule has 0 atom stereocenters. The minimum absolute atomic E-state index is 2.13. The van der Waals surface area contributed by atoms with E-state index >= 15 is 0 Å². The molecule has 0 saturated carbocycles. The van der Waals surface area contributed by atoms with Crippen molar-refractivity contribution in [3.8, 4) is 5.75 Å². The van der Waals surface area contributed by atoms with Gasteiger partial charge >= 0.3 is 6.18 Å². The highest BCUT2D eigenvalue weighted by atomic mass is 19.4. The Hall–Kier alpha value is -1.49. The molecule has 0 aliphatic carbocycles. The minimum Gasteiger partial charge on any atom is -0.860 e. The van der Waals surface area contributed by atoms with Gasteiger partial charge in [0, 0.05) is 0 Å². The molecule has 0 aliphatic heterocycles. The smallest absolute Gasteiger partial charge is 0.422 e. The van der Waals surface area contributed by atoms with Crippen molar-refractivity contribution in [3.05, 3.63) is 28.8 Å². The standard InChI is InChI=1S/C7BF7O3/c9-2-1(7(13,14)15)3(10)5(12)6(4(2)11)18-8(16)17/q-2. The van der Waals surface area contributed by atoms with Crippen molar-refractivity contribution in [3.63, 3.8) is 0 Å². The first-order valence-corrected chi connectivity index (χ1v) is 3.98. The van der Waals surface area contributed by atoms with E-state index in [0.29, 0.717) is 0 Å². The molecule has 0 aromatic heterocycles. The van der Waals surface area contributed by atoms with E-state index in [1.165, 1.54) is 0 Å². The number of halogens is 7. The summed E-state index contributed by atoms with van der Waals surface area (Å²) in [6.07, 6.45) is -5.71. The Labute approximate surface area is 94.6 Å². The predicted molar refractivity (Wildman–Crippen MR) is 37.7 cm³/mol. The summed E-state index contributed by atoms with van der Waals surface area (Å²) >= 11 is 0. The summed E-state index contributed by atoms with van der Waals surface area (Å²) in [5.74, 6) is -13.0. The minimum atomic E-state index is -5.71. The Morgan fingerprint density at radius 2 is 1.22 bits per heavy atom. The van der Waals surface area contributed by atoms with Crippen molar-refractivity contribution in [1.82, 2.24) is 0 Å². The Bertz CT molecular complexity index is 444. The first kappa shape index (κ1) is 14.6. The molecule has 0 radical (unpaired) electrons. The lowest BCUT2D eigenvalue weighted by Gasteiger charge is -2.27. The van der Waals surface area contributed by atoms with E-state index in [1.54, 1.807) is 0 Å². The largest absolute Gasteiger partial charge is 0.860 e. The topological polar surface area (TPSA) is 55.3 Å². The summed E-state index contributed by atoms with van der Waals surface area (Å²) in [5, 5.41) is 19.9. The van der Waals surface area contributed by atoms with Gasteiger partial charge in [-0.3, -0.25) is 0 Å². The van der Waals surface area contributed by atoms with Gasteiger partial charge in [-0.1, -0.05) is 0 Å². The molecule has 0 spiro atoms. The molecule has 0 aliphatic rings. The van der Waals surface area contributed by atoms with Crippen LogP contribution in [0, 0.1) is 23.3 Å². The number of hydrogen-bond donors (Lipinski definition) is 0. The third-order valence-corrected chi connectivity index (χ3v) is 1.72. The maximum Gasteiger partial charge on any atom is 0.422 e. The van der Waals surface area contributed by atoms with Crippen LogP contribution in [0.3, 0.4) is 0 Å². The highest BCUT2D eigenvalue weighted by Gasteiger charge is 2.42. The highest BCUT2D eigenvalue weighted by Crippen LogP contribution is 2.39. The van der Waals surface area contributed by atoms with Gasteiger partial charge in [-0.25, -0.2) is 8.78 Å². The molecule has 3 nitrogen and oxygen atoms in total. The van der Waals surface area contributed by atoms with E-state index in [1.807, 2.05) is 0 Å². The number of rotatable bonds is 2. The van der Waals surface area contributed by atoms with E-state index in [4.69, 9.17) is 0 Å². The lowest BCUT2D eigenvalue weighted by atomic mass is 10.1. The molecule has 0 heterocycles. The van der Waals surface area contributed by atoms with Crippen molar-refractivity contribution < 1.29 is 45.4 Å². The van der Waals surface area contributed by atoms with Gasteiger partial charge in [0.05, 0.1) is 0 Å². The van der Waals surface area contributed by atoms with Crippen LogP contribution in [0.1, 0.15) is 5.56 Å².